The zero-order valence-electron chi connectivity index (χ0n) is 14.1. The summed E-state index contributed by atoms with van der Waals surface area (Å²) < 4.78 is 35.9. The van der Waals surface area contributed by atoms with Gasteiger partial charge in [0.05, 0.1) is 12.6 Å². The molecule has 0 aliphatic carbocycles. The molecule has 1 aliphatic rings. The highest BCUT2D eigenvalue weighted by atomic mass is 19.4. The molecule has 1 atom stereocenters. The molecule has 0 bridgehead atoms. The van der Waals surface area contributed by atoms with E-state index in [2.05, 4.69) is 10.2 Å². The molecule has 0 aromatic rings. The second-order valence-corrected chi connectivity index (χ2v) is 7.11. The van der Waals surface area contributed by atoms with Crippen LogP contribution in [-0.4, -0.2) is 78.9 Å². The molecule has 0 spiro atoms. The van der Waals surface area contributed by atoms with Crippen molar-refractivity contribution in [3.63, 3.8) is 0 Å². The number of rotatable bonds is 6. The smallest absolute Gasteiger partial charge is 0.391 e. The summed E-state index contributed by atoms with van der Waals surface area (Å²) in [6.45, 7) is 7.91. The van der Waals surface area contributed by atoms with Crippen molar-refractivity contribution in [2.45, 2.75) is 39.5 Å². The van der Waals surface area contributed by atoms with Gasteiger partial charge in [0.25, 0.3) is 0 Å². The first-order chi connectivity index (χ1) is 10.5. The lowest BCUT2D eigenvalue weighted by atomic mass is 9.89. The Balaban J connectivity index is 2.24. The molecule has 1 rings (SSSR count). The summed E-state index contributed by atoms with van der Waals surface area (Å²) in [5.74, 6) is -0.129. The van der Waals surface area contributed by atoms with E-state index in [4.69, 9.17) is 0 Å². The Morgan fingerprint density at radius 2 is 1.74 bits per heavy atom. The molecule has 5 nitrogen and oxygen atoms in total. The first-order valence-corrected chi connectivity index (χ1v) is 7.95. The van der Waals surface area contributed by atoms with Crippen molar-refractivity contribution < 1.29 is 23.1 Å². The Labute approximate surface area is 135 Å². The van der Waals surface area contributed by atoms with Crippen LogP contribution in [0.2, 0.25) is 0 Å². The van der Waals surface area contributed by atoms with Crippen molar-refractivity contribution in [3.05, 3.63) is 0 Å². The van der Waals surface area contributed by atoms with Crippen molar-refractivity contribution in [3.8, 4) is 0 Å². The van der Waals surface area contributed by atoms with Crippen LogP contribution in [0.5, 0.6) is 0 Å². The van der Waals surface area contributed by atoms with Gasteiger partial charge in [0.1, 0.15) is 0 Å². The quantitative estimate of drug-likeness (QED) is 0.711. The molecule has 2 N–H and O–H groups in total. The fourth-order valence-corrected chi connectivity index (χ4v) is 2.28. The number of piperazine rings is 1. The van der Waals surface area contributed by atoms with Crippen molar-refractivity contribution in [2.24, 2.45) is 5.41 Å². The van der Waals surface area contributed by atoms with Gasteiger partial charge in [-0.15, -0.1) is 0 Å². The number of aliphatic hydroxyl groups is 1. The van der Waals surface area contributed by atoms with Gasteiger partial charge in [-0.25, -0.2) is 0 Å². The molecule has 1 heterocycles. The predicted octanol–water partition coefficient (Wildman–Crippen LogP) is 1.08. The number of nitrogens with one attached hydrogen (secondary N) is 1. The van der Waals surface area contributed by atoms with E-state index in [1.54, 1.807) is 4.90 Å². The summed E-state index contributed by atoms with van der Waals surface area (Å²) in [5, 5.41) is 12.3. The molecule has 8 heteroatoms. The van der Waals surface area contributed by atoms with Gasteiger partial charge in [0.15, 0.2) is 0 Å². The molecule has 23 heavy (non-hydrogen) atoms. The van der Waals surface area contributed by atoms with Gasteiger partial charge < -0.3 is 15.3 Å². The molecule has 1 saturated heterocycles. The number of hydrogen-bond donors (Lipinski definition) is 2. The third kappa shape index (κ3) is 7.99. The zero-order chi connectivity index (χ0) is 17.7. The average molecular weight is 339 g/mol. The number of carbonyl (C=O) groups excluding carboxylic acids is 1. The monoisotopic (exact) mass is 339 g/mol. The Kier molecular flexibility index (Phi) is 7.29. The maximum absolute atomic E-state index is 12.0. The van der Waals surface area contributed by atoms with Crippen LogP contribution in [-0.2, 0) is 4.79 Å². The van der Waals surface area contributed by atoms with Crippen molar-refractivity contribution in [1.82, 2.24) is 15.1 Å². The Hall–Kier alpha value is -0.860. The first-order valence-electron chi connectivity index (χ1n) is 7.95. The summed E-state index contributed by atoms with van der Waals surface area (Å²) in [6, 6.07) is 0. The second kappa shape index (κ2) is 8.30. The number of amides is 1. The summed E-state index contributed by atoms with van der Waals surface area (Å²) in [7, 11) is 0. The van der Waals surface area contributed by atoms with E-state index < -0.39 is 18.8 Å². The molecule has 0 radical (unpaired) electrons. The summed E-state index contributed by atoms with van der Waals surface area (Å²) in [6.07, 6.45) is -4.61. The molecule has 0 aromatic heterocycles. The number of halogens is 3. The molecule has 1 amide bonds. The van der Waals surface area contributed by atoms with Gasteiger partial charge in [-0.1, -0.05) is 20.8 Å². The normalized spacial score (nSPS) is 19.0. The highest BCUT2D eigenvalue weighted by Gasteiger charge is 2.28. The number of carbonyl (C=O) groups is 1. The van der Waals surface area contributed by atoms with Crippen LogP contribution in [0.15, 0.2) is 0 Å². The molecular weight excluding hydrogens is 311 g/mol. The topological polar surface area (TPSA) is 55.8 Å². The molecule has 1 aliphatic heterocycles. The lowest BCUT2D eigenvalue weighted by molar-refractivity contribution is -0.134. The maximum Gasteiger partial charge on any atom is 0.401 e. The van der Waals surface area contributed by atoms with Crippen LogP contribution in [0.1, 0.15) is 27.2 Å². The Morgan fingerprint density at radius 3 is 2.22 bits per heavy atom. The van der Waals surface area contributed by atoms with E-state index in [9.17, 15) is 23.1 Å². The summed E-state index contributed by atoms with van der Waals surface area (Å²) >= 11 is 0. The SMILES string of the molecule is CC(C)(C)[C@H](O)CN1CCN(C(=O)CCNCC(F)(F)F)CC1. The number of hydrogen-bond acceptors (Lipinski definition) is 4. The van der Waals surface area contributed by atoms with Crippen molar-refractivity contribution in [2.75, 3.05) is 45.8 Å². The number of β-amino-alcohol motifs (C(OH)–C–C–N with tert-alkyl or cyclic N) is 1. The van der Waals surface area contributed by atoms with E-state index in [1.165, 1.54) is 0 Å². The number of alkyl halides is 3. The van der Waals surface area contributed by atoms with Crippen LogP contribution in [0.3, 0.4) is 0 Å². The van der Waals surface area contributed by atoms with Gasteiger partial charge in [0, 0.05) is 45.7 Å². The predicted molar refractivity (Wildman–Crippen MR) is 82.0 cm³/mol. The first kappa shape index (κ1) is 20.2. The minimum absolute atomic E-state index is 0.0291. The van der Waals surface area contributed by atoms with Crippen LogP contribution in [0, 0.1) is 5.41 Å². The van der Waals surface area contributed by atoms with Crippen LogP contribution < -0.4 is 5.32 Å². The van der Waals surface area contributed by atoms with Gasteiger partial charge in [-0.05, 0) is 5.41 Å². The minimum Gasteiger partial charge on any atom is -0.391 e. The molecular formula is C15H28F3N3O2. The molecule has 0 saturated carbocycles. The lowest BCUT2D eigenvalue weighted by Gasteiger charge is -2.38. The Morgan fingerprint density at radius 1 is 1.17 bits per heavy atom. The highest BCUT2D eigenvalue weighted by Crippen LogP contribution is 2.20. The van der Waals surface area contributed by atoms with Crippen LogP contribution >= 0.6 is 0 Å². The summed E-state index contributed by atoms with van der Waals surface area (Å²) in [5.41, 5.74) is -0.183. The molecule has 0 aromatic carbocycles. The molecule has 0 unspecified atom stereocenters. The van der Waals surface area contributed by atoms with E-state index in [1.807, 2.05) is 20.8 Å². The Bertz CT molecular complexity index is 375. The standard InChI is InChI=1S/C15H28F3N3O2/c1-14(2,3)12(22)10-20-6-8-21(9-7-20)13(23)4-5-19-11-15(16,17)18/h12,19,22H,4-11H2,1-3H3/t12-/m1/s1. The van der Waals surface area contributed by atoms with E-state index >= 15 is 0 Å². The minimum atomic E-state index is -4.25. The molecule has 136 valence electrons. The number of aliphatic hydroxyl groups excluding tert-OH is 1. The van der Waals surface area contributed by atoms with Gasteiger partial charge in [0.2, 0.25) is 5.91 Å². The summed E-state index contributed by atoms with van der Waals surface area (Å²) in [4.78, 5) is 15.7. The fourth-order valence-electron chi connectivity index (χ4n) is 2.28. The zero-order valence-corrected chi connectivity index (χ0v) is 14.1. The molecule has 1 fully saturated rings. The average Bonchev–Trinajstić information content (AvgIpc) is 2.42. The van der Waals surface area contributed by atoms with Crippen LogP contribution in [0.4, 0.5) is 13.2 Å². The van der Waals surface area contributed by atoms with Crippen molar-refractivity contribution in [1.29, 1.82) is 0 Å². The van der Waals surface area contributed by atoms with Crippen molar-refractivity contribution >= 4 is 5.91 Å². The van der Waals surface area contributed by atoms with E-state index in [0.29, 0.717) is 32.7 Å². The van der Waals surface area contributed by atoms with Gasteiger partial charge in [-0.3, -0.25) is 9.69 Å². The lowest BCUT2D eigenvalue weighted by Crippen LogP contribution is -2.52. The number of nitrogens with zero attached hydrogens (tertiary/aromatic N) is 2. The van der Waals surface area contributed by atoms with E-state index in [-0.39, 0.29) is 24.3 Å². The highest BCUT2D eigenvalue weighted by molar-refractivity contribution is 5.76. The third-order valence-electron chi connectivity index (χ3n) is 4.00. The third-order valence-corrected chi connectivity index (χ3v) is 4.00. The maximum atomic E-state index is 12.0. The van der Waals surface area contributed by atoms with Gasteiger partial charge >= 0.3 is 6.18 Å². The largest absolute Gasteiger partial charge is 0.401 e. The van der Waals surface area contributed by atoms with Crippen LogP contribution in [0.25, 0.3) is 0 Å². The van der Waals surface area contributed by atoms with Gasteiger partial charge in [-0.2, -0.15) is 13.2 Å². The second-order valence-electron chi connectivity index (χ2n) is 7.11. The fraction of sp³-hybridized carbons (Fsp3) is 0.933. The van der Waals surface area contributed by atoms with E-state index in [0.717, 1.165) is 0 Å².